The fourth-order valence-corrected chi connectivity index (χ4v) is 3.03. The van der Waals surface area contributed by atoms with Crippen molar-refractivity contribution in [2.24, 2.45) is 5.92 Å². The van der Waals surface area contributed by atoms with Crippen molar-refractivity contribution in [1.29, 1.82) is 0 Å². The standard InChI is InChI=1S/C19H26N4O3/c1-13-3-8-17(26-13)19-15(11-22-23-19)10-20-12-18(24)21-9-14-4-6-16(25-2)7-5-14/h3-8,15,19-20,22-23H,9-12H2,1-2H3,(H,21,24). The minimum absolute atomic E-state index is 0.0230. The highest BCUT2D eigenvalue weighted by molar-refractivity contribution is 5.77. The largest absolute Gasteiger partial charge is 0.497 e. The van der Waals surface area contributed by atoms with Crippen molar-refractivity contribution in [3.05, 3.63) is 53.5 Å². The van der Waals surface area contributed by atoms with Crippen molar-refractivity contribution in [2.75, 3.05) is 26.7 Å². The average Bonchev–Trinajstić information content (AvgIpc) is 3.29. The normalized spacial score (nSPS) is 19.5. The number of hydrogen-bond donors (Lipinski definition) is 4. The first-order chi connectivity index (χ1) is 12.7. The molecule has 2 aromatic rings. The lowest BCUT2D eigenvalue weighted by Crippen LogP contribution is -2.37. The smallest absolute Gasteiger partial charge is 0.234 e. The van der Waals surface area contributed by atoms with Gasteiger partial charge in [-0.05, 0) is 36.8 Å². The molecule has 4 N–H and O–H groups in total. The highest BCUT2D eigenvalue weighted by Gasteiger charge is 2.30. The molecule has 0 bridgehead atoms. The minimum atomic E-state index is -0.0230. The van der Waals surface area contributed by atoms with Crippen LogP contribution in [-0.2, 0) is 11.3 Å². The maximum absolute atomic E-state index is 12.0. The minimum Gasteiger partial charge on any atom is -0.497 e. The Morgan fingerprint density at radius 2 is 2.08 bits per heavy atom. The third-order valence-corrected chi connectivity index (χ3v) is 4.50. The van der Waals surface area contributed by atoms with Crippen LogP contribution in [0.4, 0.5) is 0 Å². The first-order valence-corrected chi connectivity index (χ1v) is 8.81. The number of carbonyl (C=O) groups is 1. The van der Waals surface area contributed by atoms with Crippen molar-refractivity contribution in [1.82, 2.24) is 21.5 Å². The van der Waals surface area contributed by atoms with Crippen molar-refractivity contribution >= 4 is 5.91 Å². The number of ether oxygens (including phenoxy) is 1. The van der Waals surface area contributed by atoms with E-state index in [1.807, 2.05) is 43.3 Å². The number of benzene rings is 1. The van der Waals surface area contributed by atoms with Gasteiger partial charge in [-0.1, -0.05) is 12.1 Å². The van der Waals surface area contributed by atoms with E-state index in [4.69, 9.17) is 9.15 Å². The van der Waals surface area contributed by atoms with Gasteiger partial charge in [0.1, 0.15) is 17.3 Å². The van der Waals surface area contributed by atoms with Crippen LogP contribution in [0, 0.1) is 12.8 Å². The van der Waals surface area contributed by atoms with Gasteiger partial charge in [0.25, 0.3) is 0 Å². The lowest BCUT2D eigenvalue weighted by atomic mass is 10.00. The molecule has 140 valence electrons. The Balaban J connectivity index is 1.39. The number of nitrogens with one attached hydrogen (secondary N) is 4. The summed E-state index contributed by atoms with van der Waals surface area (Å²) < 4.78 is 10.8. The van der Waals surface area contributed by atoms with Gasteiger partial charge in [-0.3, -0.25) is 10.2 Å². The monoisotopic (exact) mass is 358 g/mol. The maximum atomic E-state index is 12.0. The van der Waals surface area contributed by atoms with Crippen LogP contribution in [0.2, 0.25) is 0 Å². The zero-order valence-corrected chi connectivity index (χ0v) is 15.2. The van der Waals surface area contributed by atoms with Crippen molar-refractivity contribution in [3.63, 3.8) is 0 Å². The molecular weight excluding hydrogens is 332 g/mol. The molecule has 1 fully saturated rings. The molecule has 7 nitrogen and oxygen atoms in total. The summed E-state index contributed by atoms with van der Waals surface area (Å²) in [7, 11) is 1.63. The third-order valence-electron chi connectivity index (χ3n) is 4.50. The summed E-state index contributed by atoms with van der Waals surface area (Å²) in [4.78, 5) is 12.0. The van der Waals surface area contributed by atoms with Gasteiger partial charge >= 0.3 is 0 Å². The molecule has 1 aromatic carbocycles. The SMILES string of the molecule is COc1ccc(CNC(=O)CNCC2CNNC2c2ccc(C)o2)cc1. The fraction of sp³-hybridized carbons (Fsp3) is 0.421. The number of amides is 1. The molecule has 1 amide bonds. The summed E-state index contributed by atoms with van der Waals surface area (Å²) in [6.45, 7) is 4.28. The third kappa shape index (κ3) is 4.85. The van der Waals surface area contributed by atoms with E-state index in [0.29, 0.717) is 12.5 Å². The van der Waals surface area contributed by atoms with Crippen LogP contribution in [0.1, 0.15) is 23.1 Å². The molecule has 0 radical (unpaired) electrons. The second-order valence-electron chi connectivity index (χ2n) is 6.47. The van der Waals surface area contributed by atoms with E-state index in [-0.39, 0.29) is 18.5 Å². The van der Waals surface area contributed by atoms with Gasteiger partial charge in [-0.15, -0.1) is 0 Å². The van der Waals surface area contributed by atoms with E-state index in [1.165, 1.54) is 0 Å². The van der Waals surface area contributed by atoms with Crippen LogP contribution in [0.15, 0.2) is 40.8 Å². The van der Waals surface area contributed by atoms with Gasteiger partial charge in [0, 0.05) is 25.6 Å². The Hall–Kier alpha value is -2.35. The van der Waals surface area contributed by atoms with E-state index < -0.39 is 0 Å². The molecule has 26 heavy (non-hydrogen) atoms. The number of hydrogen-bond acceptors (Lipinski definition) is 6. The van der Waals surface area contributed by atoms with Gasteiger partial charge in [0.05, 0.1) is 19.7 Å². The Morgan fingerprint density at radius 1 is 1.27 bits per heavy atom. The van der Waals surface area contributed by atoms with E-state index in [9.17, 15) is 4.79 Å². The number of furan rings is 1. The number of methoxy groups -OCH3 is 1. The number of carbonyl (C=O) groups excluding carboxylic acids is 1. The Kier molecular flexibility index (Phi) is 6.27. The van der Waals surface area contributed by atoms with E-state index in [2.05, 4.69) is 21.5 Å². The molecule has 3 rings (SSSR count). The van der Waals surface area contributed by atoms with Crippen molar-refractivity contribution in [3.8, 4) is 5.75 Å². The van der Waals surface area contributed by atoms with Crippen LogP contribution in [0.3, 0.4) is 0 Å². The molecule has 0 aliphatic carbocycles. The zero-order valence-electron chi connectivity index (χ0n) is 15.2. The lowest BCUT2D eigenvalue weighted by molar-refractivity contribution is -0.120. The van der Waals surface area contributed by atoms with E-state index in [0.717, 1.165) is 35.9 Å². The van der Waals surface area contributed by atoms with Gasteiger partial charge in [-0.2, -0.15) is 0 Å². The summed E-state index contributed by atoms with van der Waals surface area (Å²) in [6.07, 6.45) is 0. The van der Waals surface area contributed by atoms with Gasteiger partial charge in [-0.25, -0.2) is 5.43 Å². The Morgan fingerprint density at radius 3 is 2.77 bits per heavy atom. The molecule has 2 atom stereocenters. The van der Waals surface area contributed by atoms with Crippen molar-refractivity contribution < 1.29 is 13.9 Å². The zero-order chi connectivity index (χ0) is 18.4. The lowest BCUT2D eigenvalue weighted by Gasteiger charge is -2.17. The van der Waals surface area contributed by atoms with Gasteiger partial charge < -0.3 is 19.8 Å². The molecule has 1 saturated heterocycles. The average molecular weight is 358 g/mol. The molecule has 7 heteroatoms. The summed E-state index contributed by atoms with van der Waals surface area (Å²) in [5.41, 5.74) is 7.44. The topological polar surface area (TPSA) is 87.6 Å². The summed E-state index contributed by atoms with van der Waals surface area (Å²) in [5.74, 6) is 2.92. The van der Waals surface area contributed by atoms with E-state index in [1.54, 1.807) is 7.11 Å². The van der Waals surface area contributed by atoms with Crippen LogP contribution in [0.25, 0.3) is 0 Å². The van der Waals surface area contributed by atoms with Crippen LogP contribution < -0.4 is 26.2 Å². The predicted molar refractivity (Wildman–Crippen MR) is 98.5 cm³/mol. The highest BCUT2D eigenvalue weighted by Crippen LogP contribution is 2.25. The molecule has 1 aromatic heterocycles. The maximum Gasteiger partial charge on any atom is 0.234 e. The quantitative estimate of drug-likeness (QED) is 0.568. The molecule has 2 unspecified atom stereocenters. The van der Waals surface area contributed by atoms with Crippen LogP contribution in [-0.4, -0.2) is 32.7 Å². The predicted octanol–water partition coefficient (Wildman–Crippen LogP) is 1.27. The fourth-order valence-electron chi connectivity index (χ4n) is 3.03. The summed E-state index contributed by atoms with van der Waals surface area (Å²) in [6, 6.07) is 11.7. The molecule has 2 heterocycles. The second kappa shape index (κ2) is 8.84. The van der Waals surface area contributed by atoms with Gasteiger partial charge in [0.2, 0.25) is 5.91 Å². The van der Waals surface area contributed by atoms with E-state index >= 15 is 0 Å². The summed E-state index contributed by atoms with van der Waals surface area (Å²) >= 11 is 0. The highest BCUT2D eigenvalue weighted by atomic mass is 16.5. The number of aryl methyl sites for hydroxylation is 1. The number of rotatable bonds is 8. The first kappa shape index (κ1) is 18.4. The molecular formula is C19H26N4O3. The molecule has 1 aliphatic heterocycles. The molecule has 1 aliphatic rings. The van der Waals surface area contributed by atoms with Crippen LogP contribution >= 0.6 is 0 Å². The molecule has 0 spiro atoms. The Labute approximate surface area is 153 Å². The van der Waals surface area contributed by atoms with Crippen LogP contribution in [0.5, 0.6) is 5.75 Å². The summed E-state index contributed by atoms with van der Waals surface area (Å²) in [5, 5.41) is 6.15. The van der Waals surface area contributed by atoms with Gasteiger partial charge in [0.15, 0.2) is 0 Å². The first-order valence-electron chi connectivity index (χ1n) is 8.81. The van der Waals surface area contributed by atoms with Crippen molar-refractivity contribution in [2.45, 2.75) is 19.5 Å². The molecule has 0 saturated carbocycles. The second-order valence-corrected chi connectivity index (χ2v) is 6.47. The number of hydrazine groups is 1. The Bertz CT molecular complexity index is 714.